The van der Waals surface area contributed by atoms with Crippen LogP contribution in [-0.2, 0) is 4.79 Å². The highest BCUT2D eigenvalue weighted by Gasteiger charge is 2.26. The van der Waals surface area contributed by atoms with E-state index in [0.717, 1.165) is 13.0 Å². The molecule has 1 atom stereocenters. The van der Waals surface area contributed by atoms with Gasteiger partial charge in [0.25, 0.3) is 0 Å². The molecule has 0 aliphatic carbocycles. The first-order chi connectivity index (χ1) is 4.79. The van der Waals surface area contributed by atoms with Gasteiger partial charge >= 0.3 is 0 Å². The number of likely N-dealkylation sites (tertiary alicyclic amines) is 1. The number of hydrogen-bond donors (Lipinski definition) is 0. The van der Waals surface area contributed by atoms with Crippen molar-refractivity contribution in [2.75, 3.05) is 6.54 Å². The smallest absolute Gasteiger partial charge is 0.223 e. The number of rotatable bonds is 2. The first-order valence-electron chi connectivity index (χ1n) is 3.71. The molecule has 0 saturated carbocycles. The van der Waals surface area contributed by atoms with Crippen LogP contribution < -0.4 is 0 Å². The summed E-state index contributed by atoms with van der Waals surface area (Å²) in [7, 11) is 0. The molecule has 0 unspecified atom stereocenters. The van der Waals surface area contributed by atoms with Crippen molar-refractivity contribution in [3.8, 4) is 0 Å². The second-order valence-corrected chi connectivity index (χ2v) is 2.52. The molecule has 1 heterocycles. The molecule has 0 aromatic heterocycles. The van der Waals surface area contributed by atoms with Crippen LogP contribution in [0.25, 0.3) is 0 Å². The molecule has 1 fully saturated rings. The number of nitrogens with zero attached hydrogens (tertiary/aromatic N) is 1. The van der Waals surface area contributed by atoms with E-state index in [4.69, 9.17) is 0 Å². The zero-order valence-corrected chi connectivity index (χ0v) is 6.34. The van der Waals surface area contributed by atoms with Crippen LogP contribution in [0.2, 0.25) is 0 Å². The van der Waals surface area contributed by atoms with Gasteiger partial charge in [0.15, 0.2) is 0 Å². The minimum absolute atomic E-state index is 0.271. The molecule has 0 radical (unpaired) electrons. The third-order valence-corrected chi connectivity index (χ3v) is 1.99. The highest BCUT2D eigenvalue weighted by molar-refractivity contribution is 5.79. The number of carbonyl (C=O) groups is 1. The van der Waals surface area contributed by atoms with Gasteiger partial charge in [-0.25, -0.2) is 0 Å². The van der Waals surface area contributed by atoms with E-state index < -0.39 is 0 Å². The fourth-order valence-corrected chi connectivity index (χ4v) is 1.41. The molecule has 1 saturated heterocycles. The van der Waals surface area contributed by atoms with Crippen LogP contribution in [0.3, 0.4) is 0 Å². The van der Waals surface area contributed by atoms with Crippen molar-refractivity contribution in [2.45, 2.75) is 25.8 Å². The standard InChI is InChI=1S/C8H13NO/c1-3-7-5-6-8(10)9(7)4-2/h3,7H,1,4-6H2,2H3/t7-/m1/s1. The van der Waals surface area contributed by atoms with E-state index in [9.17, 15) is 4.79 Å². The van der Waals surface area contributed by atoms with Crippen molar-refractivity contribution in [3.05, 3.63) is 12.7 Å². The average Bonchev–Trinajstić information content (AvgIpc) is 2.30. The van der Waals surface area contributed by atoms with Gasteiger partial charge < -0.3 is 4.90 Å². The lowest BCUT2D eigenvalue weighted by Gasteiger charge is -2.19. The maximum absolute atomic E-state index is 11.1. The molecule has 2 heteroatoms. The molecule has 0 bridgehead atoms. The molecule has 1 aliphatic rings. The van der Waals surface area contributed by atoms with E-state index in [2.05, 4.69) is 6.58 Å². The lowest BCUT2D eigenvalue weighted by Crippen LogP contribution is -2.30. The quantitative estimate of drug-likeness (QED) is 0.526. The van der Waals surface area contributed by atoms with Crippen LogP contribution in [0.4, 0.5) is 0 Å². The fourth-order valence-electron chi connectivity index (χ4n) is 1.41. The van der Waals surface area contributed by atoms with Crippen molar-refractivity contribution in [3.63, 3.8) is 0 Å². The Bertz CT molecular complexity index is 153. The van der Waals surface area contributed by atoms with Gasteiger partial charge in [-0.1, -0.05) is 6.08 Å². The monoisotopic (exact) mass is 139 g/mol. The zero-order valence-electron chi connectivity index (χ0n) is 6.34. The second kappa shape index (κ2) is 2.86. The van der Waals surface area contributed by atoms with E-state index in [1.165, 1.54) is 0 Å². The Morgan fingerprint density at radius 3 is 3.00 bits per heavy atom. The van der Waals surface area contributed by atoms with Crippen LogP contribution >= 0.6 is 0 Å². The third kappa shape index (κ3) is 1.06. The Labute approximate surface area is 61.5 Å². The third-order valence-electron chi connectivity index (χ3n) is 1.99. The normalized spacial score (nSPS) is 25.5. The number of carbonyl (C=O) groups excluding carboxylic acids is 1. The van der Waals surface area contributed by atoms with Gasteiger partial charge in [-0.15, -0.1) is 6.58 Å². The Morgan fingerprint density at radius 2 is 2.60 bits per heavy atom. The Kier molecular flexibility index (Phi) is 2.10. The maximum Gasteiger partial charge on any atom is 0.223 e. The highest BCUT2D eigenvalue weighted by atomic mass is 16.2. The molecule has 2 nitrogen and oxygen atoms in total. The molecular formula is C8H13NO. The van der Waals surface area contributed by atoms with Crippen LogP contribution in [-0.4, -0.2) is 23.4 Å². The van der Waals surface area contributed by atoms with E-state index >= 15 is 0 Å². The van der Waals surface area contributed by atoms with Gasteiger partial charge in [-0.3, -0.25) is 4.79 Å². The molecule has 56 valence electrons. The minimum Gasteiger partial charge on any atom is -0.337 e. The van der Waals surface area contributed by atoms with Crippen molar-refractivity contribution in [1.82, 2.24) is 4.90 Å². The summed E-state index contributed by atoms with van der Waals surface area (Å²) in [4.78, 5) is 12.9. The molecule has 1 amide bonds. The summed E-state index contributed by atoms with van der Waals surface area (Å²) in [5.74, 6) is 0.271. The minimum atomic E-state index is 0.271. The van der Waals surface area contributed by atoms with E-state index in [0.29, 0.717) is 12.5 Å². The molecule has 10 heavy (non-hydrogen) atoms. The lowest BCUT2D eigenvalue weighted by molar-refractivity contribution is -0.128. The van der Waals surface area contributed by atoms with E-state index in [1.807, 2.05) is 17.9 Å². The largest absolute Gasteiger partial charge is 0.337 e. The van der Waals surface area contributed by atoms with Crippen LogP contribution in [0.15, 0.2) is 12.7 Å². The maximum atomic E-state index is 11.1. The molecule has 1 aliphatic heterocycles. The Hall–Kier alpha value is -0.790. The molecular weight excluding hydrogens is 126 g/mol. The number of amides is 1. The predicted octanol–water partition coefficient (Wildman–Crippen LogP) is 1.18. The Morgan fingerprint density at radius 1 is 1.90 bits per heavy atom. The summed E-state index contributed by atoms with van der Waals surface area (Å²) in [6, 6.07) is 0.303. The summed E-state index contributed by atoms with van der Waals surface area (Å²) in [6.07, 6.45) is 3.51. The van der Waals surface area contributed by atoms with Gasteiger partial charge in [0.05, 0.1) is 6.04 Å². The van der Waals surface area contributed by atoms with Crippen molar-refractivity contribution in [2.24, 2.45) is 0 Å². The van der Waals surface area contributed by atoms with Gasteiger partial charge in [0.1, 0.15) is 0 Å². The number of likely N-dealkylation sites (N-methyl/N-ethyl adjacent to an activating group) is 1. The van der Waals surface area contributed by atoms with Crippen LogP contribution in [0.5, 0.6) is 0 Å². The molecule has 0 spiro atoms. The first-order valence-corrected chi connectivity index (χ1v) is 3.71. The molecule has 0 N–H and O–H groups in total. The fraction of sp³-hybridized carbons (Fsp3) is 0.625. The summed E-state index contributed by atoms with van der Waals surface area (Å²) in [5, 5.41) is 0. The topological polar surface area (TPSA) is 20.3 Å². The molecule has 0 aromatic carbocycles. The van der Waals surface area contributed by atoms with Crippen molar-refractivity contribution < 1.29 is 4.79 Å². The first kappa shape index (κ1) is 7.32. The summed E-state index contributed by atoms with van der Waals surface area (Å²) >= 11 is 0. The molecule has 1 rings (SSSR count). The van der Waals surface area contributed by atoms with Crippen LogP contribution in [0.1, 0.15) is 19.8 Å². The van der Waals surface area contributed by atoms with Crippen molar-refractivity contribution >= 4 is 5.91 Å². The van der Waals surface area contributed by atoms with Crippen molar-refractivity contribution in [1.29, 1.82) is 0 Å². The lowest BCUT2D eigenvalue weighted by atomic mass is 10.2. The van der Waals surface area contributed by atoms with E-state index in [-0.39, 0.29) is 5.91 Å². The Balaban J connectivity index is 2.62. The summed E-state index contributed by atoms with van der Waals surface area (Å²) in [6.45, 7) is 6.50. The molecule has 0 aromatic rings. The SMILES string of the molecule is C=C[C@@H]1CCC(=O)N1CC. The van der Waals surface area contributed by atoms with Gasteiger partial charge in [-0.2, -0.15) is 0 Å². The predicted molar refractivity (Wildman–Crippen MR) is 40.6 cm³/mol. The van der Waals surface area contributed by atoms with Gasteiger partial charge in [0, 0.05) is 13.0 Å². The summed E-state index contributed by atoms with van der Waals surface area (Å²) in [5.41, 5.74) is 0. The van der Waals surface area contributed by atoms with E-state index in [1.54, 1.807) is 0 Å². The highest BCUT2D eigenvalue weighted by Crippen LogP contribution is 2.18. The van der Waals surface area contributed by atoms with Crippen LogP contribution in [0, 0.1) is 0 Å². The number of hydrogen-bond acceptors (Lipinski definition) is 1. The van der Waals surface area contributed by atoms with Gasteiger partial charge in [-0.05, 0) is 13.3 Å². The average molecular weight is 139 g/mol. The zero-order chi connectivity index (χ0) is 7.56. The second-order valence-electron chi connectivity index (χ2n) is 2.52. The van der Waals surface area contributed by atoms with Gasteiger partial charge in [0.2, 0.25) is 5.91 Å². The summed E-state index contributed by atoms with van der Waals surface area (Å²) < 4.78 is 0.